The van der Waals surface area contributed by atoms with E-state index in [4.69, 9.17) is 4.74 Å². The second-order valence-electron chi connectivity index (χ2n) is 4.90. The number of hydrogen-bond acceptors (Lipinski definition) is 3. The van der Waals surface area contributed by atoms with Crippen molar-refractivity contribution in [1.82, 2.24) is 5.32 Å². The molecule has 1 fully saturated rings. The maximum Gasteiger partial charge on any atom is 0.387 e. The highest BCUT2D eigenvalue weighted by Gasteiger charge is 2.38. The molecular weight excluding hydrogens is 268 g/mol. The van der Waals surface area contributed by atoms with Gasteiger partial charge in [0.1, 0.15) is 0 Å². The molecule has 2 unspecified atom stereocenters. The van der Waals surface area contributed by atoms with E-state index in [-0.39, 0.29) is 23.3 Å². The van der Waals surface area contributed by atoms with Crippen molar-refractivity contribution in [3.8, 4) is 11.5 Å². The van der Waals surface area contributed by atoms with Crippen LogP contribution in [0, 0.1) is 11.8 Å². The van der Waals surface area contributed by atoms with Gasteiger partial charge in [-0.05, 0) is 30.0 Å². The molecule has 1 amide bonds. The molecule has 1 saturated carbocycles. The van der Waals surface area contributed by atoms with Crippen LogP contribution in [0.5, 0.6) is 11.5 Å². The topological polar surface area (TPSA) is 47.6 Å². The number of alkyl halides is 2. The SMILES string of the molecule is COc1cc(CNC(=O)C2CC2C)ccc1OC(F)F. The molecule has 0 heterocycles. The molecule has 1 aromatic carbocycles. The number of carbonyl (C=O) groups excluding carboxylic acids is 1. The van der Waals surface area contributed by atoms with Crippen LogP contribution in [-0.4, -0.2) is 19.6 Å². The summed E-state index contributed by atoms with van der Waals surface area (Å²) in [6, 6.07) is 4.61. The highest BCUT2D eigenvalue weighted by Crippen LogP contribution is 2.37. The van der Waals surface area contributed by atoms with E-state index in [1.807, 2.05) is 6.92 Å². The zero-order valence-electron chi connectivity index (χ0n) is 11.4. The van der Waals surface area contributed by atoms with Crippen LogP contribution in [0.3, 0.4) is 0 Å². The fourth-order valence-electron chi connectivity index (χ4n) is 2.02. The first-order valence-electron chi connectivity index (χ1n) is 6.40. The third kappa shape index (κ3) is 3.59. The van der Waals surface area contributed by atoms with Crippen LogP contribution in [-0.2, 0) is 11.3 Å². The van der Waals surface area contributed by atoms with Gasteiger partial charge in [0.25, 0.3) is 0 Å². The molecule has 0 aliphatic heterocycles. The third-order valence-electron chi connectivity index (χ3n) is 3.36. The normalized spacial score (nSPS) is 20.6. The van der Waals surface area contributed by atoms with Crippen LogP contribution < -0.4 is 14.8 Å². The Balaban J connectivity index is 1.96. The zero-order valence-corrected chi connectivity index (χ0v) is 11.4. The van der Waals surface area contributed by atoms with Crippen LogP contribution in [0.25, 0.3) is 0 Å². The Morgan fingerprint density at radius 2 is 2.15 bits per heavy atom. The lowest BCUT2D eigenvalue weighted by molar-refractivity contribution is -0.122. The van der Waals surface area contributed by atoms with E-state index in [2.05, 4.69) is 10.1 Å². The number of carbonyl (C=O) groups is 1. The summed E-state index contributed by atoms with van der Waals surface area (Å²) in [6.45, 7) is -0.525. The van der Waals surface area contributed by atoms with Crippen LogP contribution in [0.1, 0.15) is 18.9 Å². The van der Waals surface area contributed by atoms with Gasteiger partial charge in [0.15, 0.2) is 11.5 Å². The molecule has 0 radical (unpaired) electrons. The van der Waals surface area contributed by atoms with E-state index in [0.29, 0.717) is 12.5 Å². The number of methoxy groups -OCH3 is 1. The molecule has 0 saturated heterocycles. The number of rotatable bonds is 6. The van der Waals surface area contributed by atoms with E-state index in [0.717, 1.165) is 12.0 Å². The van der Waals surface area contributed by atoms with E-state index in [9.17, 15) is 13.6 Å². The lowest BCUT2D eigenvalue weighted by Crippen LogP contribution is -2.24. The minimum absolute atomic E-state index is 0.0200. The summed E-state index contributed by atoms with van der Waals surface area (Å²) >= 11 is 0. The summed E-state index contributed by atoms with van der Waals surface area (Å²) in [6.07, 6.45) is 0.927. The summed E-state index contributed by atoms with van der Waals surface area (Å²) in [5.41, 5.74) is 0.769. The summed E-state index contributed by atoms with van der Waals surface area (Å²) in [4.78, 5) is 11.7. The Morgan fingerprint density at radius 1 is 1.45 bits per heavy atom. The quantitative estimate of drug-likeness (QED) is 0.874. The van der Waals surface area contributed by atoms with Gasteiger partial charge < -0.3 is 14.8 Å². The number of benzene rings is 1. The molecule has 1 aliphatic rings. The average Bonchev–Trinajstić information content (AvgIpc) is 3.13. The van der Waals surface area contributed by atoms with Crippen LogP contribution in [0.2, 0.25) is 0 Å². The molecule has 0 aromatic heterocycles. The molecule has 4 nitrogen and oxygen atoms in total. The first-order chi connectivity index (χ1) is 9.51. The first-order valence-corrected chi connectivity index (χ1v) is 6.40. The fourth-order valence-corrected chi connectivity index (χ4v) is 2.02. The summed E-state index contributed by atoms with van der Waals surface area (Å²) in [5.74, 6) is 0.791. The van der Waals surface area contributed by atoms with E-state index < -0.39 is 6.61 Å². The second-order valence-corrected chi connectivity index (χ2v) is 4.90. The fraction of sp³-hybridized carbons (Fsp3) is 0.500. The molecular formula is C14H17F2NO3. The molecule has 110 valence electrons. The van der Waals surface area contributed by atoms with Gasteiger partial charge in [-0.2, -0.15) is 8.78 Å². The summed E-state index contributed by atoms with van der Waals surface area (Å²) in [5, 5.41) is 2.82. The minimum atomic E-state index is -2.90. The standard InChI is InChI=1S/C14H17F2NO3/c1-8-5-10(8)13(18)17-7-9-3-4-11(20-14(15)16)12(6-9)19-2/h3-4,6,8,10,14H,5,7H2,1-2H3,(H,17,18). The molecule has 0 bridgehead atoms. The van der Waals surface area contributed by atoms with Gasteiger partial charge in [-0.1, -0.05) is 13.0 Å². The van der Waals surface area contributed by atoms with Gasteiger partial charge >= 0.3 is 6.61 Å². The van der Waals surface area contributed by atoms with Crippen molar-refractivity contribution in [2.24, 2.45) is 11.8 Å². The number of ether oxygens (including phenoxy) is 2. The first kappa shape index (κ1) is 14.6. The van der Waals surface area contributed by atoms with E-state index >= 15 is 0 Å². The second kappa shape index (κ2) is 6.07. The Hall–Kier alpha value is -1.85. The van der Waals surface area contributed by atoms with E-state index in [1.165, 1.54) is 13.2 Å². The van der Waals surface area contributed by atoms with Crippen LogP contribution in [0.4, 0.5) is 8.78 Å². The maximum atomic E-state index is 12.2. The molecule has 20 heavy (non-hydrogen) atoms. The lowest BCUT2D eigenvalue weighted by Gasteiger charge is -2.12. The van der Waals surface area contributed by atoms with Crippen molar-refractivity contribution >= 4 is 5.91 Å². The van der Waals surface area contributed by atoms with Gasteiger partial charge in [0.2, 0.25) is 5.91 Å². The molecule has 2 rings (SSSR count). The van der Waals surface area contributed by atoms with Crippen molar-refractivity contribution in [1.29, 1.82) is 0 Å². The number of hydrogen-bond donors (Lipinski definition) is 1. The molecule has 1 aliphatic carbocycles. The van der Waals surface area contributed by atoms with Crippen molar-refractivity contribution in [2.75, 3.05) is 7.11 Å². The van der Waals surface area contributed by atoms with Crippen molar-refractivity contribution in [3.05, 3.63) is 23.8 Å². The van der Waals surface area contributed by atoms with Crippen LogP contribution in [0.15, 0.2) is 18.2 Å². The third-order valence-corrected chi connectivity index (χ3v) is 3.36. The summed E-state index contributed by atoms with van der Waals surface area (Å²) in [7, 11) is 1.38. The highest BCUT2D eigenvalue weighted by atomic mass is 19.3. The number of nitrogens with one attached hydrogen (secondary N) is 1. The maximum absolute atomic E-state index is 12.2. The highest BCUT2D eigenvalue weighted by molar-refractivity contribution is 5.81. The lowest BCUT2D eigenvalue weighted by atomic mass is 10.2. The van der Waals surface area contributed by atoms with E-state index in [1.54, 1.807) is 12.1 Å². The number of halogens is 2. The number of amides is 1. The predicted octanol–water partition coefficient (Wildman–Crippen LogP) is 2.57. The van der Waals surface area contributed by atoms with Gasteiger partial charge in [-0.3, -0.25) is 4.79 Å². The molecule has 1 N–H and O–H groups in total. The molecule has 0 spiro atoms. The average molecular weight is 285 g/mol. The van der Waals surface area contributed by atoms with Crippen LogP contribution >= 0.6 is 0 Å². The largest absolute Gasteiger partial charge is 0.493 e. The minimum Gasteiger partial charge on any atom is -0.493 e. The van der Waals surface area contributed by atoms with Crippen molar-refractivity contribution in [3.63, 3.8) is 0 Å². The molecule has 2 atom stereocenters. The van der Waals surface area contributed by atoms with Crippen molar-refractivity contribution < 1.29 is 23.0 Å². The Morgan fingerprint density at radius 3 is 2.70 bits per heavy atom. The van der Waals surface area contributed by atoms with Gasteiger partial charge in [-0.15, -0.1) is 0 Å². The molecule has 6 heteroatoms. The predicted molar refractivity (Wildman–Crippen MR) is 68.7 cm³/mol. The smallest absolute Gasteiger partial charge is 0.387 e. The summed E-state index contributed by atoms with van der Waals surface area (Å²) < 4.78 is 33.7. The van der Waals surface area contributed by atoms with Gasteiger partial charge in [0.05, 0.1) is 7.11 Å². The van der Waals surface area contributed by atoms with Gasteiger partial charge in [-0.25, -0.2) is 0 Å². The zero-order chi connectivity index (χ0) is 14.7. The Bertz CT molecular complexity index is 493. The van der Waals surface area contributed by atoms with Gasteiger partial charge in [0, 0.05) is 12.5 Å². The Labute approximate surface area is 116 Å². The molecule has 1 aromatic rings. The van der Waals surface area contributed by atoms with Crippen molar-refractivity contribution in [2.45, 2.75) is 26.5 Å². The monoisotopic (exact) mass is 285 g/mol. The Kier molecular flexibility index (Phi) is 4.42.